The Kier molecular flexibility index (Phi) is 3.85. The van der Waals surface area contributed by atoms with Crippen LogP contribution in [0.25, 0.3) is 0 Å². The average molecular weight is 322 g/mol. The Morgan fingerprint density at radius 2 is 1.84 bits per heavy atom. The minimum Gasteiger partial charge on any atom is -0.450 e. The molecule has 0 aromatic heterocycles. The molecule has 0 radical (unpaired) electrons. The van der Waals surface area contributed by atoms with Crippen molar-refractivity contribution in [3.8, 4) is 11.5 Å². The molecule has 0 unspecified atom stereocenters. The van der Waals surface area contributed by atoms with Gasteiger partial charge >= 0.3 is 5.69 Å². The summed E-state index contributed by atoms with van der Waals surface area (Å²) in [5, 5.41) is 11.1. The van der Waals surface area contributed by atoms with Crippen LogP contribution in [0.5, 0.6) is 11.5 Å². The zero-order valence-corrected chi connectivity index (χ0v) is 12.1. The second-order valence-electron chi connectivity index (χ2n) is 4.22. The summed E-state index contributed by atoms with van der Waals surface area (Å²) in [6.07, 6.45) is 0. The highest BCUT2D eigenvalue weighted by Crippen LogP contribution is 2.34. The van der Waals surface area contributed by atoms with Crippen LogP contribution in [0.3, 0.4) is 0 Å². The Balaban J connectivity index is 2.44. The molecule has 0 fully saturated rings. The van der Waals surface area contributed by atoms with Gasteiger partial charge in [-0.3, -0.25) is 10.1 Å². The first-order valence-corrected chi connectivity index (χ1v) is 6.46. The number of halogens is 1. The van der Waals surface area contributed by atoms with Crippen LogP contribution in [0.1, 0.15) is 11.1 Å². The number of nitrogens with zero attached hydrogens (tertiary/aromatic N) is 1. The van der Waals surface area contributed by atoms with Gasteiger partial charge in [-0.1, -0.05) is 22.0 Å². The molecule has 2 aromatic rings. The number of hydrogen-bond acceptors (Lipinski definition) is 3. The van der Waals surface area contributed by atoms with Gasteiger partial charge in [-0.25, -0.2) is 0 Å². The number of nitro benzene ring substituents is 1. The molecule has 4 nitrogen and oxygen atoms in total. The van der Waals surface area contributed by atoms with Crippen molar-refractivity contribution in [2.45, 2.75) is 13.8 Å². The highest BCUT2D eigenvalue weighted by atomic mass is 79.9. The van der Waals surface area contributed by atoms with E-state index in [1.54, 1.807) is 18.2 Å². The summed E-state index contributed by atoms with van der Waals surface area (Å²) in [6.45, 7) is 3.73. The minimum atomic E-state index is -0.431. The molecule has 2 rings (SSSR count). The first-order valence-electron chi connectivity index (χ1n) is 5.66. The lowest BCUT2D eigenvalue weighted by Crippen LogP contribution is -1.96. The van der Waals surface area contributed by atoms with Crippen molar-refractivity contribution < 1.29 is 9.66 Å². The summed E-state index contributed by atoms with van der Waals surface area (Å²) in [4.78, 5) is 10.6. The predicted molar refractivity (Wildman–Crippen MR) is 76.8 cm³/mol. The van der Waals surface area contributed by atoms with Crippen LogP contribution >= 0.6 is 15.9 Å². The van der Waals surface area contributed by atoms with Gasteiger partial charge in [-0.2, -0.15) is 0 Å². The number of benzene rings is 2. The van der Waals surface area contributed by atoms with Crippen molar-refractivity contribution in [3.63, 3.8) is 0 Å². The fourth-order valence-corrected chi connectivity index (χ4v) is 2.03. The minimum absolute atomic E-state index is 0.0249. The van der Waals surface area contributed by atoms with E-state index in [0.717, 1.165) is 15.6 Å². The van der Waals surface area contributed by atoms with Crippen molar-refractivity contribution in [2.24, 2.45) is 0 Å². The van der Waals surface area contributed by atoms with E-state index < -0.39 is 4.92 Å². The van der Waals surface area contributed by atoms with Crippen LogP contribution in [-0.2, 0) is 0 Å². The Morgan fingerprint density at radius 3 is 2.47 bits per heavy atom. The summed E-state index contributed by atoms with van der Waals surface area (Å²) in [5.74, 6) is 0.812. The lowest BCUT2D eigenvalue weighted by Gasteiger charge is -2.09. The largest absolute Gasteiger partial charge is 0.450 e. The van der Waals surface area contributed by atoms with Gasteiger partial charge in [0.25, 0.3) is 0 Å². The molecular weight excluding hydrogens is 310 g/mol. The van der Waals surface area contributed by atoms with Crippen LogP contribution in [0.15, 0.2) is 40.9 Å². The molecular formula is C14H12BrNO3. The third-order valence-corrected chi connectivity index (χ3v) is 3.29. The van der Waals surface area contributed by atoms with Gasteiger partial charge in [0.1, 0.15) is 5.75 Å². The van der Waals surface area contributed by atoms with Gasteiger partial charge in [0.2, 0.25) is 5.75 Å². The number of rotatable bonds is 3. The van der Waals surface area contributed by atoms with Crippen LogP contribution in [0.2, 0.25) is 0 Å². The fourth-order valence-electron chi connectivity index (χ4n) is 1.66. The number of aryl methyl sites for hydroxylation is 2. The molecule has 0 aliphatic rings. The van der Waals surface area contributed by atoms with Crippen molar-refractivity contribution >= 4 is 21.6 Å². The number of hydrogen-bond donors (Lipinski definition) is 0. The molecule has 0 bridgehead atoms. The standard InChI is InChI=1S/C14H12BrNO3/c1-9-6-13(16(17)18)14(7-10(9)2)19-12-5-3-4-11(15)8-12/h3-8H,1-2H3. The smallest absolute Gasteiger partial charge is 0.311 e. The van der Waals surface area contributed by atoms with E-state index >= 15 is 0 Å². The Hall–Kier alpha value is -1.88. The maximum Gasteiger partial charge on any atom is 0.311 e. The normalized spacial score (nSPS) is 10.3. The van der Waals surface area contributed by atoms with Crippen LogP contribution < -0.4 is 4.74 Å². The lowest BCUT2D eigenvalue weighted by atomic mass is 10.1. The summed E-state index contributed by atoms with van der Waals surface area (Å²) in [6, 6.07) is 10.4. The molecule has 0 aliphatic heterocycles. The van der Waals surface area contributed by atoms with Crippen LogP contribution in [0.4, 0.5) is 5.69 Å². The van der Waals surface area contributed by atoms with E-state index in [2.05, 4.69) is 15.9 Å². The number of nitro groups is 1. The van der Waals surface area contributed by atoms with E-state index in [1.807, 2.05) is 26.0 Å². The lowest BCUT2D eigenvalue weighted by molar-refractivity contribution is -0.385. The fraction of sp³-hybridized carbons (Fsp3) is 0.143. The van der Waals surface area contributed by atoms with Gasteiger partial charge in [-0.05, 0) is 49.2 Å². The quantitative estimate of drug-likeness (QED) is 0.604. The third kappa shape index (κ3) is 3.12. The van der Waals surface area contributed by atoms with Crippen molar-refractivity contribution in [1.29, 1.82) is 0 Å². The molecule has 0 amide bonds. The SMILES string of the molecule is Cc1cc(Oc2cccc(Br)c2)c([N+](=O)[O-])cc1C. The van der Waals surface area contributed by atoms with Crippen molar-refractivity contribution in [1.82, 2.24) is 0 Å². The second-order valence-corrected chi connectivity index (χ2v) is 5.14. The Morgan fingerprint density at radius 1 is 1.16 bits per heavy atom. The van der Waals surface area contributed by atoms with Gasteiger partial charge in [0.05, 0.1) is 4.92 Å². The maximum atomic E-state index is 11.1. The molecule has 2 aromatic carbocycles. The molecule has 5 heteroatoms. The first kappa shape index (κ1) is 13.5. The zero-order valence-electron chi connectivity index (χ0n) is 10.5. The van der Waals surface area contributed by atoms with E-state index in [-0.39, 0.29) is 11.4 Å². The Bertz CT molecular complexity index is 641. The summed E-state index contributed by atoms with van der Waals surface area (Å²) < 4.78 is 6.47. The van der Waals surface area contributed by atoms with Gasteiger partial charge in [0.15, 0.2) is 0 Å². The molecule has 0 spiro atoms. The summed E-state index contributed by atoms with van der Waals surface area (Å²) in [5.41, 5.74) is 1.80. The maximum absolute atomic E-state index is 11.1. The molecule has 19 heavy (non-hydrogen) atoms. The van der Waals surface area contributed by atoms with E-state index in [4.69, 9.17) is 4.74 Å². The average Bonchev–Trinajstić information content (AvgIpc) is 2.33. The van der Waals surface area contributed by atoms with E-state index in [1.165, 1.54) is 6.07 Å². The van der Waals surface area contributed by atoms with Gasteiger partial charge in [0, 0.05) is 10.5 Å². The van der Waals surface area contributed by atoms with Crippen molar-refractivity contribution in [3.05, 3.63) is 62.1 Å². The Labute approximate surface area is 119 Å². The monoisotopic (exact) mass is 321 g/mol. The molecule has 0 saturated carbocycles. The highest BCUT2D eigenvalue weighted by molar-refractivity contribution is 9.10. The van der Waals surface area contributed by atoms with Gasteiger partial charge < -0.3 is 4.74 Å². The second kappa shape index (κ2) is 5.40. The first-order chi connectivity index (χ1) is 8.97. The summed E-state index contributed by atoms with van der Waals surface area (Å²) in [7, 11) is 0. The zero-order chi connectivity index (χ0) is 14.0. The molecule has 0 aliphatic carbocycles. The number of ether oxygens (including phenoxy) is 1. The van der Waals surface area contributed by atoms with Crippen molar-refractivity contribution in [2.75, 3.05) is 0 Å². The van der Waals surface area contributed by atoms with E-state index in [0.29, 0.717) is 5.75 Å². The van der Waals surface area contributed by atoms with Gasteiger partial charge in [-0.15, -0.1) is 0 Å². The topological polar surface area (TPSA) is 52.4 Å². The third-order valence-electron chi connectivity index (χ3n) is 2.80. The molecule has 0 N–H and O–H groups in total. The van der Waals surface area contributed by atoms with E-state index in [9.17, 15) is 10.1 Å². The van der Waals surface area contributed by atoms with Crippen LogP contribution in [-0.4, -0.2) is 4.92 Å². The molecule has 0 heterocycles. The molecule has 98 valence electrons. The summed E-state index contributed by atoms with van der Waals surface area (Å²) >= 11 is 3.34. The molecule has 0 atom stereocenters. The predicted octanol–water partition coefficient (Wildman–Crippen LogP) is 4.77. The highest BCUT2D eigenvalue weighted by Gasteiger charge is 2.17. The molecule has 0 saturated heterocycles. The van der Waals surface area contributed by atoms with Crippen LogP contribution in [0, 0.1) is 24.0 Å².